The summed E-state index contributed by atoms with van der Waals surface area (Å²) in [7, 11) is 1.43. The number of nitrogens with zero attached hydrogens (tertiary/aromatic N) is 2. The van der Waals surface area contributed by atoms with Crippen molar-refractivity contribution >= 4 is 23.8 Å². The van der Waals surface area contributed by atoms with Crippen molar-refractivity contribution in [3.8, 4) is 0 Å². The van der Waals surface area contributed by atoms with Gasteiger partial charge in [0.25, 0.3) is 11.8 Å². The molecule has 27 heavy (non-hydrogen) atoms. The first-order chi connectivity index (χ1) is 12.9. The van der Waals surface area contributed by atoms with Crippen LogP contribution in [-0.4, -0.2) is 47.2 Å². The molecule has 0 aliphatic carbocycles. The molecule has 2 aromatic carbocycles. The monoisotopic (exact) mass is 365 g/mol. The van der Waals surface area contributed by atoms with Gasteiger partial charge in [0, 0.05) is 7.05 Å². The van der Waals surface area contributed by atoms with Crippen LogP contribution in [0.25, 0.3) is 0 Å². The lowest BCUT2D eigenvalue weighted by atomic mass is 9.82. The first-order valence-corrected chi connectivity index (χ1v) is 8.23. The zero-order valence-electron chi connectivity index (χ0n) is 14.7. The van der Waals surface area contributed by atoms with Gasteiger partial charge in [-0.05, 0) is 11.1 Å². The number of benzene rings is 2. The molecule has 2 aromatic rings. The first kappa shape index (κ1) is 18.1. The van der Waals surface area contributed by atoms with Crippen LogP contribution in [0, 0.1) is 5.41 Å². The van der Waals surface area contributed by atoms with Gasteiger partial charge in [-0.3, -0.25) is 15.0 Å². The van der Waals surface area contributed by atoms with Gasteiger partial charge in [0.1, 0.15) is 6.54 Å². The highest BCUT2D eigenvalue weighted by Crippen LogP contribution is 2.36. The molecule has 4 N–H and O–H groups in total. The third-order valence-electron chi connectivity index (χ3n) is 4.47. The number of likely N-dealkylation sites (N-methyl/N-ethyl adjacent to an activating group) is 1. The highest BCUT2D eigenvalue weighted by Gasteiger charge is 2.55. The van der Waals surface area contributed by atoms with Gasteiger partial charge in [-0.25, -0.2) is 4.79 Å². The summed E-state index contributed by atoms with van der Waals surface area (Å²) in [5, 5.41) is 10.1. The van der Waals surface area contributed by atoms with E-state index in [1.165, 1.54) is 7.05 Å². The topological polar surface area (TPSA) is 120 Å². The van der Waals surface area contributed by atoms with E-state index in [0.717, 1.165) is 4.90 Å². The largest absolute Gasteiger partial charge is 0.370 e. The van der Waals surface area contributed by atoms with Gasteiger partial charge in [-0.2, -0.15) is 4.90 Å². The second-order valence-corrected chi connectivity index (χ2v) is 6.19. The molecule has 8 heteroatoms. The van der Waals surface area contributed by atoms with E-state index < -0.39 is 23.4 Å². The van der Waals surface area contributed by atoms with E-state index in [-0.39, 0.29) is 12.5 Å². The molecular formula is C19H19N5O3. The van der Waals surface area contributed by atoms with Crippen molar-refractivity contribution < 1.29 is 14.4 Å². The summed E-state index contributed by atoms with van der Waals surface area (Å²) >= 11 is 0. The molecule has 1 fully saturated rings. The van der Waals surface area contributed by atoms with Crippen LogP contribution < -0.4 is 11.1 Å². The molecule has 0 unspecified atom stereocenters. The maximum atomic E-state index is 13.3. The number of carbonyl (C=O) groups is 3. The van der Waals surface area contributed by atoms with Crippen LogP contribution in [0.5, 0.6) is 0 Å². The SMILES string of the molecule is CN(CC(=O)N1C(=O)NC(c2ccccc2)(c2ccccc2)C1=O)C(=N)N. The Kier molecular flexibility index (Phi) is 4.64. The zero-order valence-corrected chi connectivity index (χ0v) is 14.7. The van der Waals surface area contributed by atoms with Crippen LogP contribution in [0.2, 0.25) is 0 Å². The lowest BCUT2D eigenvalue weighted by Crippen LogP contribution is -2.48. The van der Waals surface area contributed by atoms with Gasteiger partial charge in [0.15, 0.2) is 11.5 Å². The predicted molar refractivity (Wildman–Crippen MR) is 98.6 cm³/mol. The normalized spacial score (nSPS) is 15.4. The highest BCUT2D eigenvalue weighted by molar-refractivity contribution is 6.20. The third kappa shape index (κ3) is 3.01. The average Bonchev–Trinajstić information content (AvgIpc) is 2.94. The standard InChI is InChI=1S/C19H19N5O3/c1-23(17(20)21)12-15(25)24-16(26)19(22-18(24)27,13-8-4-2-5-9-13)14-10-6-3-7-11-14/h2-11H,12H2,1H3,(H3,20,21)(H,22,27). The lowest BCUT2D eigenvalue weighted by Gasteiger charge is -2.28. The number of hydrogen-bond donors (Lipinski definition) is 3. The predicted octanol–water partition coefficient (Wildman–Crippen LogP) is 0.834. The van der Waals surface area contributed by atoms with Crippen molar-refractivity contribution in [2.75, 3.05) is 13.6 Å². The first-order valence-electron chi connectivity index (χ1n) is 8.23. The summed E-state index contributed by atoms with van der Waals surface area (Å²) < 4.78 is 0. The number of hydrogen-bond acceptors (Lipinski definition) is 4. The minimum atomic E-state index is -1.50. The fourth-order valence-electron chi connectivity index (χ4n) is 3.05. The van der Waals surface area contributed by atoms with Crippen molar-refractivity contribution in [3.05, 3.63) is 71.8 Å². The Bertz CT molecular complexity index is 859. The third-order valence-corrected chi connectivity index (χ3v) is 4.47. The Labute approximate surface area is 156 Å². The van der Waals surface area contributed by atoms with Gasteiger partial charge >= 0.3 is 6.03 Å². The molecule has 1 aliphatic heterocycles. The maximum absolute atomic E-state index is 13.3. The molecular weight excluding hydrogens is 346 g/mol. The lowest BCUT2D eigenvalue weighted by molar-refractivity contribution is -0.141. The minimum absolute atomic E-state index is 0.340. The number of rotatable bonds is 4. The molecule has 3 rings (SSSR count). The van der Waals surface area contributed by atoms with Crippen LogP contribution in [0.1, 0.15) is 11.1 Å². The van der Waals surface area contributed by atoms with Crippen LogP contribution in [0.3, 0.4) is 0 Å². The fraction of sp³-hybridized carbons (Fsp3) is 0.158. The Hall–Kier alpha value is -3.68. The molecule has 0 aromatic heterocycles. The Morgan fingerprint density at radius 2 is 1.56 bits per heavy atom. The molecule has 138 valence electrons. The van der Waals surface area contributed by atoms with Gasteiger partial charge in [0.2, 0.25) is 0 Å². The van der Waals surface area contributed by atoms with Crippen LogP contribution in [0.4, 0.5) is 4.79 Å². The van der Waals surface area contributed by atoms with E-state index in [1.807, 2.05) is 0 Å². The highest BCUT2D eigenvalue weighted by atomic mass is 16.2. The molecule has 0 bridgehead atoms. The van der Waals surface area contributed by atoms with E-state index in [1.54, 1.807) is 60.7 Å². The number of carbonyl (C=O) groups excluding carboxylic acids is 3. The molecule has 0 atom stereocenters. The Morgan fingerprint density at radius 3 is 2.00 bits per heavy atom. The summed E-state index contributed by atoms with van der Waals surface area (Å²) in [6, 6.07) is 16.7. The smallest absolute Gasteiger partial charge is 0.332 e. The van der Waals surface area contributed by atoms with E-state index in [2.05, 4.69) is 5.32 Å². The molecule has 4 amide bonds. The van der Waals surface area contributed by atoms with Gasteiger partial charge in [-0.15, -0.1) is 0 Å². The number of guanidine groups is 1. The summed E-state index contributed by atoms with van der Waals surface area (Å²) in [6.07, 6.45) is 0. The molecule has 1 aliphatic rings. The van der Waals surface area contributed by atoms with E-state index in [4.69, 9.17) is 11.1 Å². The molecule has 1 heterocycles. The van der Waals surface area contributed by atoms with E-state index in [0.29, 0.717) is 16.0 Å². The van der Waals surface area contributed by atoms with Crippen LogP contribution in [-0.2, 0) is 15.1 Å². The van der Waals surface area contributed by atoms with Gasteiger partial charge in [-0.1, -0.05) is 60.7 Å². The Morgan fingerprint density at radius 1 is 1.07 bits per heavy atom. The second-order valence-electron chi connectivity index (χ2n) is 6.19. The number of imide groups is 3. The van der Waals surface area contributed by atoms with Gasteiger partial charge in [0.05, 0.1) is 0 Å². The van der Waals surface area contributed by atoms with Crippen molar-refractivity contribution in [2.24, 2.45) is 5.73 Å². The number of nitrogens with two attached hydrogens (primary N) is 1. The summed E-state index contributed by atoms with van der Waals surface area (Å²) in [4.78, 5) is 40.3. The van der Waals surface area contributed by atoms with Crippen molar-refractivity contribution in [1.29, 1.82) is 5.41 Å². The summed E-state index contributed by atoms with van der Waals surface area (Å²) in [6.45, 7) is -0.367. The zero-order chi connectivity index (χ0) is 19.6. The number of urea groups is 1. The fourth-order valence-corrected chi connectivity index (χ4v) is 3.05. The maximum Gasteiger partial charge on any atom is 0.332 e. The van der Waals surface area contributed by atoms with Crippen molar-refractivity contribution in [2.45, 2.75) is 5.54 Å². The van der Waals surface area contributed by atoms with Crippen molar-refractivity contribution in [3.63, 3.8) is 0 Å². The molecule has 0 spiro atoms. The van der Waals surface area contributed by atoms with E-state index in [9.17, 15) is 14.4 Å². The van der Waals surface area contributed by atoms with Gasteiger partial charge < -0.3 is 16.0 Å². The van der Waals surface area contributed by atoms with Crippen molar-refractivity contribution in [1.82, 2.24) is 15.1 Å². The van der Waals surface area contributed by atoms with E-state index >= 15 is 0 Å². The second kappa shape index (κ2) is 6.91. The Balaban J connectivity index is 2.06. The van der Waals surface area contributed by atoms with Crippen LogP contribution >= 0.6 is 0 Å². The number of amides is 4. The van der Waals surface area contributed by atoms with Crippen LogP contribution in [0.15, 0.2) is 60.7 Å². The summed E-state index contributed by atoms with van der Waals surface area (Å²) in [5.41, 5.74) is 4.94. The minimum Gasteiger partial charge on any atom is -0.370 e. The molecule has 8 nitrogen and oxygen atoms in total. The quantitative estimate of drug-likeness (QED) is 0.421. The summed E-state index contributed by atoms with van der Waals surface area (Å²) in [5.74, 6) is -1.79. The average molecular weight is 365 g/mol. The molecule has 0 radical (unpaired) electrons. The number of nitrogens with one attached hydrogen (secondary N) is 2. The molecule has 0 saturated carbocycles. The molecule has 1 saturated heterocycles.